The number of aromatic nitrogens is 1. The van der Waals surface area contributed by atoms with Crippen molar-refractivity contribution in [1.82, 2.24) is 0 Å². The van der Waals surface area contributed by atoms with E-state index in [9.17, 15) is 0 Å². The molecule has 1 unspecified atom stereocenters. The molecule has 8 nitrogen and oxygen atoms in total. The van der Waals surface area contributed by atoms with Gasteiger partial charge < -0.3 is 28.6 Å². The van der Waals surface area contributed by atoms with Gasteiger partial charge in [0.2, 0.25) is 5.69 Å². The highest BCUT2D eigenvalue weighted by atomic mass is 16.5. The van der Waals surface area contributed by atoms with Gasteiger partial charge in [0.15, 0.2) is 24.7 Å². The molecule has 3 aromatic rings. The highest BCUT2D eigenvalue weighted by Gasteiger charge is 2.45. The van der Waals surface area contributed by atoms with E-state index in [-0.39, 0.29) is 22.9 Å². The molecule has 1 aliphatic carbocycles. The average molecular weight is 818 g/mol. The second-order valence-electron chi connectivity index (χ2n) is 17.8. The Bertz CT molecular complexity index is 2120. The molecule has 8 heteroatoms. The molecular weight excluding hydrogens is 747 g/mol. The van der Waals surface area contributed by atoms with Crippen LogP contribution in [0.5, 0.6) is 11.5 Å². The predicted molar refractivity (Wildman–Crippen MR) is 244 cm³/mol. The summed E-state index contributed by atoms with van der Waals surface area (Å²) in [4.78, 5) is 2.48. The van der Waals surface area contributed by atoms with Crippen molar-refractivity contribution in [2.24, 2.45) is 5.92 Å². The molecule has 0 saturated carbocycles. The van der Waals surface area contributed by atoms with Crippen molar-refractivity contribution in [1.29, 1.82) is 0 Å². The topological polar surface area (TPSA) is 56.3 Å². The molecule has 0 radical (unpaired) electrons. The number of anilines is 1. The van der Waals surface area contributed by atoms with Crippen LogP contribution in [0.15, 0.2) is 108 Å². The van der Waals surface area contributed by atoms with Gasteiger partial charge in [-0.05, 0) is 105 Å². The maximum atomic E-state index is 7.41. The van der Waals surface area contributed by atoms with E-state index in [1.54, 1.807) is 28.4 Å². The lowest BCUT2D eigenvalue weighted by Gasteiger charge is -2.30. The Balaban J connectivity index is 1.48. The minimum atomic E-state index is -0.233. The van der Waals surface area contributed by atoms with Crippen LogP contribution in [0.3, 0.4) is 0 Å². The maximum absolute atomic E-state index is 7.41. The molecule has 2 aromatic carbocycles. The third kappa shape index (κ3) is 9.45. The Morgan fingerprint density at radius 2 is 1.45 bits per heavy atom. The van der Waals surface area contributed by atoms with Crippen molar-refractivity contribution in [2.75, 3.05) is 59.6 Å². The molecule has 0 saturated heterocycles. The van der Waals surface area contributed by atoms with Crippen molar-refractivity contribution in [2.45, 2.75) is 110 Å². The first-order valence-electron chi connectivity index (χ1n) is 22.2. The van der Waals surface area contributed by atoms with Gasteiger partial charge in [-0.25, -0.2) is 4.57 Å². The Morgan fingerprint density at radius 1 is 0.767 bits per heavy atom. The molecule has 0 bridgehead atoms. The number of hydrogen-bond donors (Lipinski definition) is 0. The summed E-state index contributed by atoms with van der Waals surface area (Å²) in [7, 11) is 7.05. The second-order valence-corrected chi connectivity index (χ2v) is 17.8. The fourth-order valence-electron chi connectivity index (χ4n) is 9.29. The fraction of sp³-hybridized carbons (Fsp3) is 0.500. The standard InChI is InChI=1S/C52H71N3O5/c1-12-28-53-31-26-40(27-32-53)49(37(2)3)60-50-38(18-24-47-51(4,5)43-35-41(58-10)20-22-45(43)54(47)29-14-33-56-8)16-13-17-39(50)19-25-48-52(6,7)44-36-42(59-11)21-23-46(44)55(48)30-15-34-57-9/h18-27,31-32,35-37,49H,12-17,28-30,33-34H2,1-11H3/q+2. The van der Waals surface area contributed by atoms with Gasteiger partial charge in [0.1, 0.15) is 29.9 Å². The number of fused-ring (bicyclic) bond motifs is 2. The lowest BCUT2D eigenvalue weighted by molar-refractivity contribution is -0.697. The molecule has 0 fully saturated rings. The Morgan fingerprint density at radius 3 is 2.12 bits per heavy atom. The van der Waals surface area contributed by atoms with Crippen molar-refractivity contribution >= 4 is 17.1 Å². The Hall–Kier alpha value is -4.66. The van der Waals surface area contributed by atoms with E-state index in [0.29, 0.717) is 13.2 Å². The van der Waals surface area contributed by atoms with Gasteiger partial charge in [-0.15, -0.1) is 0 Å². The second kappa shape index (κ2) is 19.8. The van der Waals surface area contributed by atoms with E-state index in [1.807, 2.05) is 0 Å². The zero-order valence-electron chi connectivity index (χ0n) is 38.4. The van der Waals surface area contributed by atoms with Gasteiger partial charge in [-0.1, -0.05) is 40.7 Å². The van der Waals surface area contributed by atoms with Crippen LogP contribution < -0.4 is 18.9 Å². The molecule has 0 spiro atoms. The third-order valence-corrected chi connectivity index (χ3v) is 12.6. The molecule has 322 valence electrons. The molecule has 0 amide bonds. The molecule has 3 aliphatic rings. The Kier molecular flexibility index (Phi) is 14.8. The average Bonchev–Trinajstić information content (AvgIpc) is 3.58. The highest BCUT2D eigenvalue weighted by Crippen LogP contribution is 2.49. The van der Waals surface area contributed by atoms with E-state index in [1.165, 1.54) is 50.6 Å². The molecular formula is C52H71N3O5+2. The van der Waals surface area contributed by atoms with Crippen molar-refractivity contribution in [3.8, 4) is 11.5 Å². The van der Waals surface area contributed by atoms with Crippen LogP contribution in [0.1, 0.15) is 110 Å². The number of pyridine rings is 1. The van der Waals surface area contributed by atoms with E-state index >= 15 is 0 Å². The van der Waals surface area contributed by atoms with Crippen LogP contribution in [0, 0.1) is 5.92 Å². The number of allylic oxidation sites excluding steroid dienone is 7. The van der Waals surface area contributed by atoms with E-state index in [0.717, 1.165) is 75.4 Å². The number of hydrogen-bond acceptors (Lipinski definition) is 6. The molecule has 0 N–H and O–H groups in total. The largest absolute Gasteiger partial charge is 0.497 e. The number of aryl methyl sites for hydroxylation is 1. The van der Waals surface area contributed by atoms with Gasteiger partial charge in [-0.3, -0.25) is 0 Å². The third-order valence-electron chi connectivity index (χ3n) is 12.6. The smallest absolute Gasteiger partial charge is 0.210 e. The van der Waals surface area contributed by atoms with Gasteiger partial charge >= 0.3 is 0 Å². The number of rotatable bonds is 19. The van der Waals surface area contributed by atoms with Gasteiger partial charge in [0.05, 0.1) is 26.2 Å². The highest BCUT2D eigenvalue weighted by molar-refractivity contribution is 6.03. The molecule has 3 heterocycles. The van der Waals surface area contributed by atoms with Crippen molar-refractivity contribution in [3.05, 3.63) is 125 Å². The van der Waals surface area contributed by atoms with Crippen LogP contribution in [0.2, 0.25) is 0 Å². The first-order chi connectivity index (χ1) is 28.9. The monoisotopic (exact) mass is 818 g/mol. The van der Waals surface area contributed by atoms with E-state index in [2.05, 4.69) is 148 Å². The summed E-state index contributed by atoms with van der Waals surface area (Å²) in [6.07, 6.45) is 19.6. The minimum Gasteiger partial charge on any atom is -0.497 e. The van der Waals surface area contributed by atoms with E-state index in [4.69, 9.17) is 23.7 Å². The lowest BCUT2D eigenvalue weighted by atomic mass is 9.81. The number of nitrogens with zero attached hydrogens (tertiary/aromatic N) is 3. The van der Waals surface area contributed by atoms with Crippen LogP contribution >= 0.6 is 0 Å². The van der Waals surface area contributed by atoms with Crippen LogP contribution in [0.25, 0.3) is 0 Å². The van der Waals surface area contributed by atoms with Gasteiger partial charge in [0.25, 0.3) is 0 Å². The summed E-state index contributed by atoms with van der Waals surface area (Å²) >= 11 is 0. The first kappa shape index (κ1) is 44.9. The van der Waals surface area contributed by atoms with Crippen LogP contribution in [-0.2, 0) is 31.6 Å². The molecule has 60 heavy (non-hydrogen) atoms. The maximum Gasteiger partial charge on any atom is 0.210 e. The van der Waals surface area contributed by atoms with Crippen molar-refractivity contribution in [3.63, 3.8) is 0 Å². The molecule has 1 atom stereocenters. The minimum absolute atomic E-state index is 0.114. The number of benzene rings is 2. The quantitative estimate of drug-likeness (QED) is 0.0887. The summed E-state index contributed by atoms with van der Waals surface area (Å²) < 4.78 is 34.6. The van der Waals surface area contributed by atoms with E-state index < -0.39 is 0 Å². The lowest BCUT2D eigenvalue weighted by Crippen LogP contribution is -2.32. The summed E-state index contributed by atoms with van der Waals surface area (Å²) in [6, 6.07) is 17.5. The SMILES string of the molecule is CCC[n+]1ccc(C(OC2=C(/C=C/C3=[N+](CCCOC)c4ccc(OC)cc4C3(C)C)CCC/C2=C\C=C2\N(CCCOC)c3ccc(OC)cc3C2(C)C)C(C)C)cc1. The number of ether oxygens (including phenoxy) is 5. The zero-order valence-corrected chi connectivity index (χ0v) is 38.4. The van der Waals surface area contributed by atoms with Crippen LogP contribution in [-0.4, -0.2) is 65.0 Å². The summed E-state index contributed by atoms with van der Waals surface area (Å²) in [5.74, 6) is 3.01. The number of methoxy groups -OCH3 is 4. The zero-order chi connectivity index (χ0) is 43.0. The molecule has 1 aromatic heterocycles. The molecule has 2 aliphatic heterocycles. The summed E-state index contributed by atoms with van der Waals surface area (Å²) in [5.41, 5.74) is 10.7. The normalized spacial score (nSPS) is 18.9. The summed E-state index contributed by atoms with van der Waals surface area (Å²) in [5, 5.41) is 0. The summed E-state index contributed by atoms with van der Waals surface area (Å²) in [6.45, 7) is 20.2. The fourth-order valence-corrected chi connectivity index (χ4v) is 9.29. The molecule has 6 rings (SSSR count). The first-order valence-corrected chi connectivity index (χ1v) is 22.2. The Labute approximate surface area is 360 Å². The predicted octanol–water partition coefficient (Wildman–Crippen LogP) is 10.9. The van der Waals surface area contributed by atoms with Crippen molar-refractivity contribution < 1.29 is 32.8 Å². The van der Waals surface area contributed by atoms with Crippen LogP contribution in [0.4, 0.5) is 11.4 Å². The van der Waals surface area contributed by atoms with Gasteiger partial charge in [-0.2, -0.15) is 4.58 Å². The van der Waals surface area contributed by atoms with Gasteiger partial charge in [0, 0.05) is 92.4 Å².